The van der Waals surface area contributed by atoms with Crippen LogP contribution >= 0.6 is 0 Å². The maximum Gasteiger partial charge on any atom is 0.328 e. The van der Waals surface area contributed by atoms with Gasteiger partial charge in [-0.15, -0.1) is 0 Å². The maximum atomic E-state index is 12.1. The van der Waals surface area contributed by atoms with Gasteiger partial charge in [0.05, 0.1) is 0 Å². The number of amides is 1. The predicted molar refractivity (Wildman–Crippen MR) is 83.1 cm³/mol. The molecule has 2 rings (SSSR count). The van der Waals surface area contributed by atoms with Crippen LogP contribution in [0.3, 0.4) is 0 Å². The Kier molecular flexibility index (Phi) is 4.60. The lowest BCUT2D eigenvalue weighted by molar-refractivity contribution is -0.140. The van der Waals surface area contributed by atoms with E-state index in [0.717, 1.165) is 0 Å². The Morgan fingerprint density at radius 1 is 1.14 bits per heavy atom. The lowest BCUT2D eigenvalue weighted by atomic mass is 10.0. The Labute approximate surface area is 128 Å². The van der Waals surface area contributed by atoms with Gasteiger partial charge < -0.3 is 10.4 Å². The third kappa shape index (κ3) is 3.52. The van der Waals surface area contributed by atoms with E-state index in [1.807, 2.05) is 24.3 Å². The molecule has 6 nitrogen and oxygen atoms in total. The number of nitrogens with zero attached hydrogens (tertiary/aromatic N) is 2. The molecule has 1 unspecified atom stereocenters. The molecule has 0 aliphatic carbocycles. The summed E-state index contributed by atoms with van der Waals surface area (Å²) < 4.78 is 1.25. The molecule has 0 saturated carbocycles. The van der Waals surface area contributed by atoms with E-state index in [9.17, 15) is 9.59 Å². The minimum atomic E-state index is -1.00. The van der Waals surface area contributed by atoms with Crippen molar-refractivity contribution in [2.45, 2.75) is 32.7 Å². The smallest absolute Gasteiger partial charge is 0.328 e. The lowest BCUT2D eigenvalue weighted by Gasteiger charge is -2.08. The van der Waals surface area contributed by atoms with Crippen molar-refractivity contribution in [1.82, 2.24) is 9.78 Å². The Morgan fingerprint density at radius 3 is 2.32 bits per heavy atom. The molecule has 0 fully saturated rings. The average molecular weight is 301 g/mol. The van der Waals surface area contributed by atoms with Crippen LogP contribution in [0.4, 0.5) is 5.69 Å². The molecule has 2 aromatic rings. The Bertz CT molecular complexity index is 674. The monoisotopic (exact) mass is 301 g/mol. The van der Waals surface area contributed by atoms with Crippen molar-refractivity contribution in [3.8, 4) is 0 Å². The number of anilines is 1. The van der Waals surface area contributed by atoms with Gasteiger partial charge in [-0.2, -0.15) is 5.10 Å². The van der Waals surface area contributed by atoms with E-state index in [2.05, 4.69) is 24.3 Å². The maximum absolute atomic E-state index is 12.1. The molecule has 0 aliphatic rings. The Hall–Kier alpha value is -2.63. The summed E-state index contributed by atoms with van der Waals surface area (Å²) in [6, 6.07) is 8.29. The average Bonchev–Trinajstić information content (AvgIpc) is 2.96. The molecule has 0 saturated heterocycles. The summed E-state index contributed by atoms with van der Waals surface area (Å²) in [5.74, 6) is -0.939. The Balaban J connectivity index is 2.07. The van der Waals surface area contributed by atoms with Crippen LogP contribution in [0, 0.1) is 0 Å². The highest BCUT2D eigenvalue weighted by molar-refractivity contribution is 6.02. The van der Waals surface area contributed by atoms with Gasteiger partial charge in [-0.05, 0) is 36.6 Å². The summed E-state index contributed by atoms with van der Waals surface area (Å²) in [7, 11) is 0. The van der Waals surface area contributed by atoms with Crippen molar-refractivity contribution in [2.75, 3.05) is 5.32 Å². The number of benzene rings is 1. The normalized spacial score (nSPS) is 12.2. The number of nitrogens with one attached hydrogen (secondary N) is 1. The summed E-state index contributed by atoms with van der Waals surface area (Å²) in [5, 5.41) is 15.7. The summed E-state index contributed by atoms with van der Waals surface area (Å²) in [6.45, 7) is 5.70. The number of hydrogen-bond donors (Lipinski definition) is 2. The molecule has 0 radical (unpaired) electrons. The first kappa shape index (κ1) is 15.8. The molecule has 1 aromatic heterocycles. The largest absolute Gasteiger partial charge is 0.480 e. The van der Waals surface area contributed by atoms with Crippen molar-refractivity contribution in [2.24, 2.45) is 0 Å². The zero-order chi connectivity index (χ0) is 16.3. The number of rotatable bonds is 5. The molecule has 6 heteroatoms. The first-order chi connectivity index (χ1) is 10.4. The molecule has 0 aliphatic heterocycles. The van der Waals surface area contributed by atoms with Crippen LogP contribution in [-0.2, 0) is 4.79 Å². The van der Waals surface area contributed by atoms with Gasteiger partial charge in [-0.1, -0.05) is 26.0 Å². The summed E-state index contributed by atoms with van der Waals surface area (Å²) in [5.41, 5.74) is 2.05. The fourth-order valence-corrected chi connectivity index (χ4v) is 1.93. The highest BCUT2D eigenvalue weighted by Gasteiger charge is 2.17. The molecule has 116 valence electrons. The van der Waals surface area contributed by atoms with Crippen molar-refractivity contribution in [3.63, 3.8) is 0 Å². The molecule has 1 heterocycles. The van der Waals surface area contributed by atoms with Gasteiger partial charge in [0.25, 0.3) is 5.91 Å². The second-order valence-corrected chi connectivity index (χ2v) is 5.43. The first-order valence-electron chi connectivity index (χ1n) is 7.07. The number of aliphatic carboxylic acids is 1. The van der Waals surface area contributed by atoms with E-state index < -0.39 is 12.0 Å². The van der Waals surface area contributed by atoms with Crippen LogP contribution in [0.25, 0.3) is 0 Å². The van der Waals surface area contributed by atoms with Gasteiger partial charge in [0.2, 0.25) is 0 Å². The molecule has 0 spiro atoms. The van der Waals surface area contributed by atoms with E-state index in [-0.39, 0.29) is 11.6 Å². The van der Waals surface area contributed by atoms with E-state index in [1.54, 1.807) is 0 Å². The van der Waals surface area contributed by atoms with Crippen LogP contribution in [0.15, 0.2) is 36.5 Å². The molecule has 1 amide bonds. The fourth-order valence-electron chi connectivity index (χ4n) is 1.93. The van der Waals surface area contributed by atoms with Crippen LogP contribution in [-0.4, -0.2) is 26.8 Å². The first-order valence-corrected chi connectivity index (χ1v) is 7.07. The van der Waals surface area contributed by atoms with Gasteiger partial charge in [-0.3, -0.25) is 9.48 Å². The topological polar surface area (TPSA) is 84.2 Å². The Morgan fingerprint density at radius 2 is 1.77 bits per heavy atom. The van der Waals surface area contributed by atoms with Gasteiger partial charge in [-0.25, -0.2) is 4.79 Å². The van der Waals surface area contributed by atoms with Crippen LogP contribution in [0.2, 0.25) is 0 Å². The van der Waals surface area contributed by atoms with Gasteiger partial charge in [0, 0.05) is 11.9 Å². The number of hydrogen-bond acceptors (Lipinski definition) is 3. The molecule has 22 heavy (non-hydrogen) atoms. The number of carboxylic acid groups (broad SMARTS) is 1. The zero-order valence-corrected chi connectivity index (χ0v) is 12.8. The minimum Gasteiger partial charge on any atom is -0.480 e. The molecule has 0 bridgehead atoms. The second-order valence-electron chi connectivity index (χ2n) is 5.43. The van der Waals surface area contributed by atoms with Crippen molar-refractivity contribution in [3.05, 3.63) is 47.8 Å². The number of carboxylic acids is 1. The third-order valence-electron chi connectivity index (χ3n) is 3.43. The van der Waals surface area contributed by atoms with E-state index in [4.69, 9.17) is 5.11 Å². The van der Waals surface area contributed by atoms with E-state index in [1.165, 1.54) is 29.4 Å². The van der Waals surface area contributed by atoms with Crippen LogP contribution < -0.4 is 5.32 Å². The summed E-state index contributed by atoms with van der Waals surface area (Å²) >= 11 is 0. The van der Waals surface area contributed by atoms with Crippen molar-refractivity contribution in [1.29, 1.82) is 0 Å². The second kappa shape index (κ2) is 6.43. The third-order valence-corrected chi connectivity index (χ3v) is 3.43. The number of carbonyl (C=O) groups is 2. The standard InChI is InChI=1S/C16H19N3O3/c1-10(2)12-4-6-13(7-5-12)17-15(20)14-8-9-19(18-14)11(3)16(21)22/h4-11H,1-3H3,(H,17,20)(H,21,22). The minimum absolute atomic E-state index is 0.182. The SMILES string of the molecule is CC(C)c1ccc(NC(=O)c2ccn(C(C)C(=O)O)n2)cc1. The summed E-state index contributed by atoms with van der Waals surface area (Å²) in [6.07, 6.45) is 1.48. The number of carbonyl (C=O) groups excluding carboxylic acids is 1. The summed E-state index contributed by atoms with van der Waals surface area (Å²) in [4.78, 5) is 23.0. The molecule has 2 N–H and O–H groups in total. The fraction of sp³-hybridized carbons (Fsp3) is 0.312. The van der Waals surface area contributed by atoms with E-state index >= 15 is 0 Å². The number of aromatic nitrogens is 2. The molecule has 1 atom stereocenters. The van der Waals surface area contributed by atoms with E-state index in [0.29, 0.717) is 11.6 Å². The molecular formula is C16H19N3O3. The van der Waals surface area contributed by atoms with Gasteiger partial charge in [0.15, 0.2) is 5.69 Å². The highest BCUT2D eigenvalue weighted by atomic mass is 16.4. The van der Waals surface area contributed by atoms with Gasteiger partial charge in [0.1, 0.15) is 6.04 Å². The van der Waals surface area contributed by atoms with Crippen molar-refractivity contribution < 1.29 is 14.7 Å². The molecular weight excluding hydrogens is 282 g/mol. The highest BCUT2D eigenvalue weighted by Crippen LogP contribution is 2.17. The molecule has 1 aromatic carbocycles. The zero-order valence-electron chi connectivity index (χ0n) is 12.8. The predicted octanol–water partition coefficient (Wildman–Crippen LogP) is 2.90. The van der Waals surface area contributed by atoms with Crippen LogP contribution in [0.5, 0.6) is 0 Å². The van der Waals surface area contributed by atoms with Crippen LogP contribution in [0.1, 0.15) is 48.8 Å². The van der Waals surface area contributed by atoms with Gasteiger partial charge >= 0.3 is 5.97 Å². The van der Waals surface area contributed by atoms with Crippen molar-refractivity contribution >= 4 is 17.6 Å². The lowest BCUT2D eigenvalue weighted by Crippen LogP contribution is -2.18. The quantitative estimate of drug-likeness (QED) is 0.889.